The number of carbonyl (C=O) groups excluding carboxylic acids is 1. The van der Waals surface area contributed by atoms with Crippen molar-refractivity contribution < 1.29 is 19.0 Å². The summed E-state index contributed by atoms with van der Waals surface area (Å²) in [4.78, 5) is 24.9. The van der Waals surface area contributed by atoms with Crippen molar-refractivity contribution in [2.24, 2.45) is 0 Å². The standard InChI is InChI=1S/C18H18FN3O3/c19-16-4-2-1-3-15(16)12-20-7-9-21(10-8-20)17-6-5-14(13-23)11-18(17)22(24)25/h1-6,11,13H,7-10,12H2/p+1. The second-order valence-corrected chi connectivity index (χ2v) is 6.13. The lowest BCUT2D eigenvalue weighted by molar-refractivity contribution is -0.914. The fourth-order valence-corrected chi connectivity index (χ4v) is 3.18. The molecule has 0 unspecified atom stereocenters. The summed E-state index contributed by atoms with van der Waals surface area (Å²) in [6, 6.07) is 11.3. The highest BCUT2D eigenvalue weighted by Crippen LogP contribution is 2.28. The summed E-state index contributed by atoms with van der Waals surface area (Å²) >= 11 is 0. The number of piperazine rings is 1. The molecule has 0 saturated carbocycles. The first-order chi connectivity index (χ1) is 12.1. The van der Waals surface area contributed by atoms with E-state index in [9.17, 15) is 19.3 Å². The number of halogens is 1. The van der Waals surface area contributed by atoms with E-state index >= 15 is 0 Å². The highest BCUT2D eigenvalue weighted by molar-refractivity contribution is 5.79. The first kappa shape index (κ1) is 17.0. The van der Waals surface area contributed by atoms with Crippen molar-refractivity contribution in [2.75, 3.05) is 31.1 Å². The topological polar surface area (TPSA) is 67.9 Å². The number of rotatable bonds is 5. The molecule has 0 bridgehead atoms. The molecular weight excluding hydrogens is 325 g/mol. The fraction of sp³-hybridized carbons (Fsp3) is 0.278. The first-order valence-electron chi connectivity index (χ1n) is 8.14. The summed E-state index contributed by atoms with van der Waals surface area (Å²) in [6.45, 7) is 3.42. The van der Waals surface area contributed by atoms with Crippen LogP contribution in [-0.4, -0.2) is 37.4 Å². The minimum atomic E-state index is -0.457. The van der Waals surface area contributed by atoms with Gasteiger partial charge in [0.15, 0.2) is 0 Å². The van der Waals surface area contributed by atoms with Crippen LogP contribution in [0.25, 0.3) is 0 Å². The van der Waals surface area contributed by atoms with Crippen LogP contribution >= 0.6 is 0 Å². The number of quaternary nitrogens is 1. The minimum Gasteiger partial charge on any atom is -0.355 e. The van der Waals surface area contributed by atoms with Gasteiger partial charge in [0.25, 0.3) is 5.69 Å². The van der Waals surface area contributed by atoms with Crippen molar-refractivity contribution in [3.63, 3.8) is 0 Å². The van der Waals surface area contributed by atoms with Gasteiger partial charge in [0, 0.05) is 17.2 Å². The van der Waals surface area contributed by atoms with Gasteiger partial charge in [0.2, 0.25) is 0 Å². The van der Waals surface area contributed by atoms with Crippen LogP contribution in [0, 0.1) is 15.9 Å². The molecule has 130 valence electrons. The number of nitrogens with one attached hydrogen (secondary N) is 1. The SMILES string of the molecule is O=Cc1ccc(N2CC[NH+](Cc3ccccc3F)CC2)c([N+](=O)[O-])c1. The van der Waals surface area contributed by atoms with E-state index in [1.54, 1.807) is 24.3 Å². The zero-order chi connectivity index (χ0) is 17.8. The summed E-state index contributed by atoms with van der Waals surface area (Å²) in [7, 11) is 0. The Labute approximate surface area is 144 Å². The molecule has 1 heterocycles. The van der Waals surface area contributed by atoms with Crippen molar-refractivity contribution in [1.82, 2.24) is 0 Å². The Morgan fingerprint density at radius 1 is 1.20 bits per heavy atom. The zero-order valence-corrected chi connectivity index (χ0v) is 13.7. The molecule has 0 spiro atoms. The van der Waals surface area contributed by atoms with Gasteiger partial charge in [-0.2, -0.15) is 0 Å². The maximum atomic E-state index is 13.8. The van der Waals surface area contributed by atoms with Gasteiger partial charge in [-0.05, 0) is 18.2 Å². The Morgan fingerprint density at radius 3 is 2.56 bits per heavy atom. The number of benzene rings is 2. The smallest absolute Gasteiger partial charge is 0.293 e. The monoisotopic (exact) mass is 344 g/mol. The van der Waals surface area contributed by atoms with Gasteiger partial charge in [-0.1, -0.05) is 18.2 Å². The number of hydrogen-bond acceptors (Lipinski definition) is 4. The molecular formula is C18H19FN3O3+. The normalized spacial score (nSPS) is 15.2. The van der Waals surface area contributed by atoms with E-state index in [4.69, 9.17) is 0 Å². The zero-order valence-electron chi connectivity index (χ0n) is 13.7. The predicted octanol–water partition coefficient (Wildman–Crippen LogP) is 1.45. The van der Waals surface area contributed by atoms with Crippen molar-refractivity contribution in [1.29, 1.82) is 0 Å². The number of nitro groups is 1. The molecule has 0 aliphatic carbocycles. The summed E-state index contributed by atoms with van der Waals surface area (Å²) in [5.41, 5.74) is 1.45. The van der Waals surface area contributed by atoms with Crippen LogP contribution in [0.4, 0.5) is 15.8 Å². The molecule has 1 saturated heterocycles. The molecule has 6 nitrogen and oxygen atoms in total. The Bertz CT molecular complexity index is 789. The molecule has 0 radical (unpaired) electrons. The van der Waals surface area contributed by atoms with Crippen molar-refractivity contribution in [3.8, 4) is 0 Å². The number of carbonyl (C=O) groups is 1. The minimum absolute atomic E-state index is 0.0536. The van der Waals surface area contributed by atoms with Gasteiger partial charge in [0.1, 0.15) is 24.3 Å². The van der Waals surface area contributed by atoms with Crippen LogP contribution in [0.2, 0.25) is 0 Å². The second-order valence-electron chi connectivity index (χ2n) is 6.13. The molecule has 7 heteroatoms. The molecule has 0 amide bonds. The summed E-state index contributed by atoms with van der Waals surface area (Å²) < 4.78 is 13.8. The van der Waals surface area contributed by atoms with Crippen molar-refractivity contribution in [2.45, 2.75) is 6.54 Å². The van der Waals surface area contributed by atoms with Gasteiger partial charge in [-0.25, -0.2) is 4.39 Å². The molecule has 25 heavy (non-hydrogen) atoms. The van der Waals surface area contributed by atoms with Gasteiger partial charge in [-0.3, -0.25) is 14.9 Å². The van der Waals surface area contributed by atoms with E-state index in [-0.39, 0.29) is 11.5 Å². The highest BCUT2D eigenvalue weighted by Gasteiger charge is 2.26. The van der Waals surface area contributed by atoms with Gasteiger partial charge < -0.3 is 9.80 Å². The molecule has 1 N–H and O–H groups in total. The molecule has 3 rings (SSSR count). The average Bonchev–Trinajstić information content (AvgIpc) is 2.64. The van der Waals surface area contributed by atoms with Crippen molar-refractivity contribution in [3.05, 3.63) is 69.5 Å². The third-order valence-corrected chi connectivity index (χ3v) is 4.54. The third-order valence-electron chi connectivity index (χ3n) is 4.54. The van der Waals surface area contributed by atoms with E-state index in [1.165, 1.54) is 17.0 Å². The molecule has 0 atom stereocenters. The van der Waals surface area contributed by atoms with Gasteiger partial charge in [0.05, 0.1) is 31.1 Å². The molecule has 1 fully saturated rings. The van der Waals surface area contributed by atoms with Crippen LogP contribution in [0.15, 0.2) is 42.5 Å². The molecule has 2 aromatic carbocycles. The number of nitrogens with zero attached hydrogens (tertiary/aromatic N) is 2. The lowest BCUT2D eigenvalue weighted by atomic mass is 10.1. The van der Waals surface area contributed by atoms with E-state index in [2.05, 4.69) is 0 Å². The van der Waals surface area contributed by atoms with Crippen molar-refractivity contribution >= 4 is 17.7 Å². The van der Waals surface area contributed by atoms with Crippen LogP contribution in [0.1, 0.15) is 15.9 Å². The van der Waals surface area contributed by atoms with Crippen LogP contribution in [-0.2, 0) is 6.54 Å². The van der Waals surface area contributed by atoms with Crippen LogP contribution in [0.5, 0.6) is 0 Å². The fourth-order valence-electron chi connectivity index (χ4n) is 3.18. The summed E-state index contributed by atoms with van der Waals surface area (Å²) in [5.74, 6) is -0.197. The van der Waals surface area contributed by atoms with E-state index in [0.717, 1.165) is 13.1 Å². The first-order valence-corrected chi connectivity index (χ1v) is 8.14. The Hall–Kier alpha value is -2.80. The lowest BCUT2D eigenvalue weighted by Gasteiger charge is -2.33. The molecule has 1 aliphatic heterocycles. The third kappa shape index (κ3) is 3.83. The average molecular weight is 344 g/mol. The molecule has 1 aliphatic rings. The predicted molar refractivity (Wildman–Crippen MR) is 91.5 cm³/mol. The largest absolute Gasteiger partial charge is 0.355 e. The second kappa shape index (κ2) is 7.40. The number of hydrogen-bond donors (Lipinski definition) is 1. The van der Waals surface area contributed by atoms with E-state index in [0.29, 0.717) is 42.7 Å². The Kier molecular flexibility index (Phi) is 5.04. The number of anilines is 1. The Morgan fingerprint density at radius 2 is 1.92 bits per heavy atom. The quantitative estimate of drug-likeness (QED) is 0.506. The van der Waals surface area contributed by atoms with Gasteiger partial charge >= 0.3 is 0 Å². The lowest BCUT2D eigenvalue weighted by Crippen LogP contribution is -3.13. The maximum absolute atomic E-state index is 13.8. The van der Waals surface area contributed by atoms with E-state index in [1.807, 2.05) is 11.0 Å². The summed E-state index contributed by atoms with van der Waals surface area (Å²) in [5, 5.41) is 11.3. The number of aldehydes is 1. The Balaban J connectivity index is 1.69. The molecule has 0 aromatic heterocycles. The van der Waals surface area contributed by atoms with Crippen LogP contribution in [0.3, 0.4) is 0 Å². The summed E-state index contributed by atoms with van der Waals surface area (Å²) in [6.07, 6.45) is 0.604. The van der Waals surface area contributed by atoms with Crippen LogP contribution < -0.4 is 9.80 Å². The maximum Gasteiger partial charge on any atom is 0.293 e. The van der Waals surface area contributed by atoms with Gasteiger partial charge in [-0.15, -0.1) is 0 Å². The molecule has 2 aromatic rings. The number of nitro benzene ring substituents is 1. The highest BCUT2D eigenvalue weighted by atomic mass is 19.1. The van der Waals surface area contributed by atoms with E-state index < -0.39 is 4.92 Å².